The zero-order chi connectivity index (χ0) is 51.2. The Morgan fingerprint density at radius 3 is 1.07 bits per heavy atom. The van der Waals surface area contributed by atoms with E-state index in [9.17, 15) is 38.4 Å². The zero-order valence-corrected chi connectivity index (χ0v) is 38.8. The van der Waals surface area contributed by atoms with Crippen LogP contribution in [0.4, 0.5) is 0 Å². The fourth-order valence-corrected chi connectivity index (χ4v) is 6.79. The minimum atomic E-state index is -0.796. The van der Waals surface area contributed by atoms with E-state index in [0.717, 1.165) is 12.2 Å². The van der Waals surface area contributed by atoms with Crippen molar-refractivity contribution in [1.29, 1.82) is 0 Å². The molecule has 4 aromatic carbocycles. The van der Waals surface area contributed by atoms with Crippen molar-refractivity contribution in [2.75, 3.05) is 39.6 Å². The fraction of sp³-hybridized carbons (Fsp3) is 0.259. The van der Waals surface area contributed by atoms with Gasteiger partial charge in [-0.25, -0.2) is 38.4 Å². The molecule has 18 nitrogen and oxygen atoms in total. The summed E-state index contributed by atoms with van der Waals surface area (Å²) in [7, 11) is 0. The third-order valence-corrected chi connectivity index (χ3v) is 10.6. The van der Waals surface area contributed by atoms with E-state index in [1.54, 1.807) is 24.3 Å². The van der Waals surface area contributed by atoms with Crippen molar-refractivity contribution in [1.82, 2.24) is 0 Å². The van der Waals surface area contributed by atoms with Gasteiger partial charge >= 0.3 is 47.8 Å². The van der Waals surface area contributed by atoms with Crippen molar-refractivity contribution in [3.8, 4) is 11.5 Å². The van der Waals surface area contributed by atoms with Crippen molar-refractivity contribution in [2.24, 2.45) is 0 Å². The molecule has 72 heavy (non-hydrogen) atoms. The molecule has 6 rings (SSSR count). The maximum atomic E-state index is 13.1. The highest BCUT2D eigenvalue weighted by molar-refractivity contribution is 5.94. The lowest BCUT2D eigenvalue weighted by molar-refractivity contribution is -0.140. The van der Waals surface area contributed by atoms with Gasteiger partial charge in [-0.3, -0.25) is 0 Å². The first-order valence-electron chi connectivity index (χ1n) is 22.7. The molecule has 0 amide bonds. The summed E-state index contributed by atoms with van der Waals surface area (Å²) in [6.07, 6.45) is 6.85. The Hall–Kier alpha value is -8.48. The molecule has 0 saturated carbocycles. The van der Waals surface area contributed by atoms with Crippen molar-refractivity contribution in [3.05, 3.63) is 168 Å². The molecule has 0 unspecified atom stereocenters. The summed E-state index contributed by atoms with van der Waals surface area (Å²) in [5.41, 5.74) is 2.12. The van der Waals surface area contributed by atoms with Crippen LogP contribution in [0.2, 0.25) is 0 Å². The number of rotatable bonds is 24. The Morgan fingerprint density at radius 2 is 0.736 bits per heavy atom. The summed E-state index contributed by atoms with van der Waals surface area (Å²) in [4.78, 5) is 97.9. The summed E-state index contributed by atoms with van der Waals surface area (Å²) in [5.74, 6) is -4.40. The molecule has 2 heterocycles. The van der Waals surface area contributed by atoms with Crippen LogP contribution in [-0.4, -0.2) is 112 Å². The van der Waals surface area contributed by atoms with Gasteiger partial charge in [0, 0.05) is 24.3 Å². The molecule has 2 aliphatic rings. The van der Waals surface area contributed by atoms with Crippen molar-refractivity contribution < 1.29 is 85.7 Å². The van der Waals surface area contributed by atoms with Crippen LogP contribution in [0.1, 0.15) is 78.2 Å². The average molecular weight is 987 g/mol. The molecule has 374 valence electrons. The molecule has 0 bridgehead atoms. The Kier molecular flexibility index (Phi) is 19.9. The van der Waals surface area contributed by atoms with Gasteiger partial charge < -0.3 is 47.4 Å². The molecule has 0 aromatic heterocycles. The summed E-state index contributed by atoms with van der Waals surface area (Å²) < 4.78 is 54.0. The highest BCUT2D eigenvalue weighted by atomic mass is 16.7. The smallest absolute Gasteiger partial charge is 0.343 e. The molecule has 2 fully saturated rings. The largest absolute Gasteiger partial charge is 0.463 e. The van der Waals surface area contributed by atoms with Crippen LogP contribution in [0, 0.1) is 0 Å². The number of esters is 8. The van der Waals surface area contributed by atoms with Gasteiger partial charge in [0.05, 0.1) is 61.9 Å². The molecule has 0 N–H and O–H groups in total. The standard InChI is InChI=1S/C54H50O18/c1-3-45(55)63-29-5-7-31-65-47(57)27-13-35-9-15-37(16-10-35)51(59)69-41-23-19-39(20-24-41)53(61)71-43-33-67-50-44(34-68-49(43)50)72-54(62)40-21-25-42(26-22-40)70-52(60)38-17-11-36(12-18-38)14-28-48(58)66-32-8-6-30-64-46(56)4-2/h3-4,9-28,43-44,49-50H,1-2,5-8,29-34H2/b27-13+,28-14+/t43-,44+,49-,50-/m1/s1. The number of carbonyl (C=O) groups excluding carboxylic acids is 8. The van der Waals surface area contributed by atoms with E-state index >= 15 is 0 Å². The van der Waals surface area contributed by atoms with E-state index in [1.165, 1.54) is 97.1 Å². The Labute approximate surface area is 413 Å². The van der Waals surface area contributed by atoms with Gasteiger partial charge in [0.15, 0.2) is 12.2 Å². The molecule has 0 radical (unpaired) electrons. The topological polar surface area (TPSA) is 229 Å². The van der Waals surface area contributed by atoms with E-state index in [4.69, 9.17) is 47.4 Å². The van der Waals surface area contributed by atoms with Gasteiger partial charge in [-0.15, -0.1) is 0 Å². The van der Waals surface area contributed by atoms with E-state index < -0.39 is 72.2 Å². The third-order valence-electron chi connectivity index (χ3n) is 10.6. The molecule has 0 aliphatic carbocycles. The number of ether oxygens (including phenoxy) is 10. The van der Waals surface area contributed by atoms with Gasteiger partial charge in [0.1, 0.15) is 23.7 Å². The van der Waals surface area contributed by atoms with Crippen LogP contribution in [0.25, 0.3) is 12.2 Å². The molecule has 4 aromatic rings. The molecule has 2 aliphatic heterocycles. The first-order valence-corrected chi connectivity index (χ1v) is 22.7. The van der Waals surface area contributed by atoms with Crippen molar-refractivity contribution in [2.45, 2.75) is 50.1 Å². The number of fused-ring (bicyclic) bond motifs is 1. The minimum Gasteiger partial charge on any atom is -0.463 e. The van der Waals surface area contributed by atoms with Gasteiger partial charge in [0.2, 0.25) is 0 Å². The first-order chi connectivity index (χ1) is 34.9. The molecule has 0 spiro atoms. The fourth-order valence-electron chi connectivity index (χ4n) is 6.79. The molecule has 2 saturated heterocycles. The summed E-state index contributed by atoms with van der Waals surface area (Å²) in [5, 5.41) is 0. The van der Waals surface area contributed by atoms with Crippen molar-refractivity contribution in [3.63, 3.8) is 0 Å². The Balaban J connectivity index is 0.878. The first kappa shape index (κ1) is 52.9. The van der Waals surface area contributed by atoms with Gasteiger partial charge in [0.25, 0.3) is 0 Å². The van der Waals surface area contributed by atoms with E-state index in [0.29, 0.717) is 36.8 Å². The molecular weight excluding hydrogens is 937 g/mol. The SMILES string of the molecule is C=CC(=O)OCCCCOC(=O)/C=C/c1ccc(C(=O)Oc2ccc(C(=O)O[C@H]3CO[C@H]4[C@@H]3OC[C@H]4OC(=O)c3ccc(OC(=O)c4ccc(/C=C/C(=O)OCCCCOC(=O)C=C)cc4)cc3)cc2)cc1. The van der Waals surface area contributed by atoms with Crippen LogP contribution in [0.3, 0.4) is 0 Å². The predicted molar refractivity (Wildman–Crippen MR) is 254 cm³/mol. The normalized spacial score (nSPS) is 16.7. The molecule has 4 atom stereocenters. The van der Waals surface area contributed by atoms with Gasteiger partial charge in [-0.05, 0) is 122 Å². The van der Waals surface area contributed by atoms with E-state index in [-0.39, 0.29) is 73.4 Å². The lowest BCUT2D eigenvalue weighted by Gasteiger charge is -2.17. The van der Waals surface area contributed by atoms with E-state index in [2.05, 4.69) is 13.2 Å². The number of unbranched alkanes of at least 4 members (excludes halogenated alkanes) is 2. The average Bonchev–Trinajstić information content (AvgIpc) is 3.99. The maximum absolute atomic E-state index is 13.1. The van der Waals surface area contributed by atoms with Crippen molar-refractivity contribution >= 4 is 59.9 Å². The van der Waals surface area contributed by atoms with Crippen LogP contribution in [0.5, 0.6) is 11.5 Å². The molecule has 18 heteroatoms. The molecular formula is C54H50O18. The second-order valence-electron chi connectivity index (χ2n) is 15.7. The maximum Gasteiger partial charge on any atom is 0.343 e. The minimum absolute atomic E-state index is 0.00407. The van der Waals surface area contributed by atoms with Gasteiger partial charge in [-0.2, -0.15) is 0 Å². The quantitative estimate of drug-likeness (QED) is 0.0231. The summed E-state index contributed by atoms with van der Waals surface area (Å²) in [6.45, 7) is 7.35. The van der Waals surface area contributed by atoms with Crippen LogP contribution in [0.15, 0.2) is 135 Å². The predicted octanol–water partition coefficient (Wildman–Crippen LogP) is 6.81. The Bertz CT molecular complexity index is 2450. The second-order valence-corrected chi connectivity index (χ2v) is 15.7. The monoisotopic (exact) mass is 986 g/mol. The van der Waals surface area contributed by atoms with Gasteiger partial charge in [-0.1, -0.05) is 37.4 Å². The zero-order valence-electron chi connectivity index (χ0n) is 38.8. The number of hydrogen-bond donors (Lipinski definition) is 0. The van der Waals surface area contributed by atoms with Crippen LogP contribution < -0.4 is 9.47 Å². The highest BCUT2D eigenvalue weighted by Gasteiger charge is 2.51. The van der Waals surface area contributed by atoms with E-state index in [1.807, 2.05) is 0 Å². The third kappa shape index (κ3) is 16.3. The highest BCUT2D eigenvalue weighted by Crippen LogP contribution is 2.32. The number of carbonyl (C=O) groups is 8. The number of benzene rings is 4. The lowest BCUT2D eigenvalue weighted by atomic mass is 10.1. The Morgan fingerprint density at radius 1 is 0.431 bits per heavy atom. The van der Waals surface area contributed by atoms with Crippen LogP contribution >= 0.6 is 0 Å². The second kappa shape index (κ2) is 27.1. The summed E-state index contributed by atoms with van der Waals surface area (Å²) >= 11 is 0. The van der Waals surface area contributed by atoms with Crippen LogP contribution in [-0.2, 0) is 57.1 Å². The lowest BCUT2D eigenvalue weighted by Crippen LogP contribution is -2.36. The summed E-state index contributed by atoms with van der Waals surface area (Å²) in [6, 6.07) is 24.2. The number of hydrogen-bond acceptors (Lipinski definition) is 18.